The first kappa shape index (κ1) is 17.4. The van der Waals surface area contributed by atoms with Crippen LogP contribution >= 0.6 is 11.8 Å². The van der Waals surface area contributed by atoms with E-state index in [0.717, 1.165) is 18.2 Å². The molecule has 1 aromatic heterocycles. The maximum atomic E-state index is 14.0. The molecule has 0 aliphatic heterocycles. The van der Waals surface area contributed by atoms with E-state index in [1.54, 1.807) is 18.2 Å². The van der Waals surface area contributed by atoms with E-state index >= 15 is 0 Å². The summed E-state index contributed by atoms with van der Waals surface area (Å²) in [5.41, 5.74) is 1.26. The Hall–Kier alpha value is -2.99. The lowest BCUT2D eigenvalue weighted by Gasteiger charge is -2.13. The predicted molar refractivity (Wildman–Crippen MR) is 103 cm³/mol. The molecular formula is C21H14F2N2OS. The summed E-state index contributed by atoms with van der Waals surface area (Å²) in [6.07, 6.45) is 0. The van der Waals surface area contributed by atoms with Gasteiger partial charge in [0.1, 0.15) is 11.6 Å². The Kier molecular flexibility index (Phi) is 4.73. The zero-order valence-corrected chi connectivity index (χ0v) is 14.9. The molecule has 3 aromatic carbocycles. The van der Waals surface area contributed by atoms with E-state index in [-0.39, 0.29) is 16.9 Å². The van der Waals surface area contributed by atoms with Crippen LogP contribution in [0.25, 0.3) is 16.6 Å². The first-order chi connectivity index (χ1) is 13.1. The van der Waals surface area contributed by atoms with Gasteiger partial charge in [-0.1, -0.05) is 42.1 Å². The van der Waals surface area contributed by atoms with Crippen molar-refractivity contribution in [2.45, 2.75) is 10.9 Å². The topological polar surface area (TPSA) is 34.9 Å². The SMILES string of the molecule is O=c1c2ccccc2nc(SCc2cc(F)ccc2F)n1-c1ccccc1. The van der Waals surface area contributed by atoms with Crippen molar-refractivity contribution >= 4 is 22.7 Å². The highest BCUT2D eigenvalue weighted by atomic mass is 32.2. The van der Waals surface area contributed by atoms with Gasteiger partial charge in [0.05, 0.1) is 16.6 Å². The third-order valence-electron chi connectivity index (χ3n) is 4.12. The quantitative estimate of drug-likeness (QED) is 0.371. The molecule has 4 rings (SSSR count). The van der Waals surface area contributed by atoms with Crippen molar-refractivity contribution in [3.63, 3.8) is 0 Å². The summed E-state index contributed by atoms with van der Waals surface area (Å²) in [5.74, 6) is -0.835. The molecule has 6 heteroatoms. The summed E-state index contributed by atoms with van der Waals surface area (Å²) in [5, 5.41) is 0.927. The van der Waals surface area contributed by atoms with Crippen molar-refractivity contribution in [1.82, 2.24) is 9.55 Å². The van der Waals surface area contributed by atoms with Crippen LogP contribution in [-0.4, -0.2) is 9.55 Å². The van der Waals surface area contributed by atoms with Crippen molar-refractivity contribution in [3.8, 4) is 5.69 Å². The molecule has 0 aliphatic carbocycles. The number of fused-ring (bicyclic) bond motifs is 1. The minimum atomic E-state index is -0.501. The molecule has 0 unspecified atom stereocenters. The van der Waals surface area contributed by atoms with Crippen LogP contribution in [0.1, 0.15) is 5.56 Å². The maximum absolute atomic E-state index is 14.0. The molecule has 0 fully saturated rings. The largest absolute Gasteiger partial charge is 0.268 e. The number of thioether (sulfide) groups is 1. The highest BCUT2D eigenvalue weighted by Crippen LogP contribution is 2.26. The first-order valence-electron chi connectivity index (χ1n) is 8.27. The average molecular weight is 380 g/mol. The fourth-order valence-corrected chi connectivity index (χ4v) is 3.80. The van der Waals surface area contributed by atoms with Gasteiger partial charge in [-0.15, -0.1) is 0 Å². The van der Waals surface area contributed by atoms with Crippen LogP contribution in [0.2, 0.25) is 0 Å². The van der Waals surface area contributed by atoms with Gasteiger partial charge in [0.2, 0.25) is 0 Å². The molecule has 0 N–H and O–H groups in total. The lowest BCUT2D eigenvalue weighted by molar-refractivity contribution is 0.591. The molecule has 0 amide bonds. The van der Waals surface area contributed by atoms with Crippen LogP contribution < -0.4 is 5.56 Å². The molecule has 0 radical (unpaired) electrons. The lowest BCUT2D eigenvalue weighted by atomic mass is 10.2. The third kappa shape index (κ3) is 3.48. The van der Waals surface area contributed by atoms with Crippen LogP contribution in [-0.2, 0) is 5.75 Å². The Bertz CT molecular complexity index is 1180. The van der Waals surface area contributed by atoms with Gasteiger partial charge in [-0.05, 0) is 42.5 Å². The molecule has 134 valence electrons. The van der Waals surface area contributed by atoms with Crippen molar-refractivity contribution < 1.29 is 8.78 Å². The lowest BCUT2D eigenvalue weighted by Crippen LogP contribution is -2.21. The van der Waals surface area contributed by atoms with Crippen LogP contribution in [0.4, 0.5) is 8.78 Å². The van der Waals surface area contributed by atoms with E-state index in [1.165, 1.54) is 16.3 Å². The molecule has 1 heterocycles. The third-order valence-corrected chi connectivity index (χ3v) is 5.11. The molecule has 0 spiro atoms. The van der Waals surface area contributed by atoms with Crippen LogP contribution in [0, 0.1) is 11.6 Å². The Morgan fingerprint density at radius 3 is 2.48 bits per heavy atom. The second-order valence-electron chi connectivity index (χ2n) is 5.91. The molecule has 27 heavy (non-hydrogen) atoms. The zero-order chi connectivity index (χ0) is 18.8. The molecule has 0 saturated carbocycles. The number of nitrogens with zero attached hydrogens (tertiary/aromatic N) is 2. The Labute approximate surface area is 158 Å². The molecule has 0 aliphatic rings. The highest BCUT2D eigenvalue weighted by molar-refractivity contribution is 7.98. The van der Waals surface area contributed by atoms with Crippen molar-refractivity contribution in [3.05, 3.63) is 100 Å². The Morgan fingerprint density at radius 2 is 1.67 bits per heavy atom. The second kappa shape index (κ2) is 7.32. The van der Waals surface area contributed by atoms with E-state index in [2.05, 4.69) is 4.98 Å². The minimum absolute atomic E-state index is 0.154. The smallest absolute Gasteiger partial charge is 0.266 e. The highest BCUT2D eigenvalue weighted by Gasteiger charge is 2.14. The summed E-state index contributed by atoms with van der Waals surface area (Å²) in [6, 6.07) is 19.6. The van der Waals surface area contributed by atoms with E-state index in [9.17, 15) is 13.6 Å². The summed E-state index contributed by atoms with van der Waals surface area (Å²) < 4.78 is 28.9. The van der Waals surface area contributed by atoms with Crippen molar-refractivity contribution in [2.75, 3.05) is 0 Å². The molecule has 0 saturated heterocycles. The van der Waals surface area contributed by atoms with Crippen molar-refractivity contribution in [1.29, 1.82) is 0 Å². The summed E-state index contributed by atoms with van der Waals surface area (Å²) >= 11 is 1.19. The molecule has 0 atom stereocenters. The Morgan fingerprint density at radius 1 is 0.926 bits per heavy atom. The van der Waals surface area contributed by atoms with Gasteiger partial charge in [0, 0.05) is 11.3 Å². The number of rotatable bonds is 4. The van der Waals surface area contributed by atoms with E-state index < -0.39 is 11.6 Å². The van der Waals surface area contributed by atoms with Crippen LogP contribution in [0.3, 0.4) is 0 Å². The number of hydrogen-bond donors (Lipinski definition) is 0. The summed E-state index contributed by atoms with van der Waals surface area (Å²) in [4.78, 5) is 17.6. The molecular weight excluding hydrogens is 366 g/mol. The first-order valence-corrected chi connectivity index (χ1v) is 9.26. The number of hydrogen-bond acceptors (Lipinski definition) is 3. The van der Waals surface area contributed by atoms with Gasteiger partial charge >= 0.3 is 0 Å². The Balaban J connectivity index is 1.83. The standard InChI is InChI=1S/C21H14F2N2OS/c22-15-10-11-18(23)14(12-15)13-27-21-24-19-9-5-4-8-17(19)20(26)25(21)16-6-2-1-3-7-16/h1-12H,13H2. The maximum Gasteiger partial charge on any atom is 0.266 e. The second-order valence-corrected chi connectivity index (χ2v) is 6.85. The number of halogens is 2. The van der Waals surface area contributed by atoms with E-state index in [1.807, 2.05) is 36.4 Å². The van der Waals surface area contributed by atoms with Crippen LogP contribution in [0.5, 0.6) is 0 Å². The van der Waals surface area contributed by atoms with Gasteiger partial charge in [-0.3, -0.25) is 9.36 Å². The molecule has 4 aromatic rings. The minimum Gasteiger partial charge on any atom is -0.268 e. The van der Waals surface area contributed by atoms with Gasteiger partial charge in [-0.2, -0.15) is 0 Å². The summed E-state index contributed by atoms with van der Waals surface area (Å²) in [6.45, 7) is 0. The van der Waals surface area contributed by atoms with Gasteiger partial charge in [-0.25, -0.2) is 13.8 Å². The summed E-state index contributed by atoms with van der Waals surface area (Å²) in [7, 11) is 0. The zero-order valence-electron chi connectivity index (χ0n) is 14.1. The van der Waals surface area contributed by atoms with Gasteiger partial charge < -0.3 is 0 Å². The molecule has 3 nitrogen and oxygen atoms in total. The number of benzene rings is 3. The fourth-order valence-electron chi connectivity index (χ4n) is 2.81. The van der Waals surface area contributed by atoms with Gasteiger partial charge in [0.25, 0.3) is 5.56 Å². The monoisotopic (exact) mass is 380 g/mol. The normalized spacial score (nSPS) is 11.0. The predicted octanol–water partition coefficient (Wildman–Crippen LogP) is 4.96. The number of para-hydroxylation sites is 2. The van der Waals surface area contributed by atoms with Crippen LogP contribution in [0.15, 0.2) is 82.7 Å². The van der Waals surface area contributed by atoms with E-state index in [0.29, 0.717) is 21.7 Å². The van der Waals surface area contributed by atoms with Gasteiger partial charge in [0.15, 0.2) is 5.16 Å². The van der Waals surface area contributed by atoms with E-state index in [4.69, 9.17) is 0 Å². The molecule has 0 bridgehead atoms. The fraction of sp³-hybridized carbons (Fsp3) is 0.0476. The van der Waals surface area contributed by atoms with Crippen molar-refractivity contribution in [2.24, 2.45) is 0 Å². The number of aromatic nitrogens is 2. The average Bonchev–Trinajstić information content (AvgIpc) is 2.69.